The van der Waals surface area contributed by atoms with Crippen molar-refractivity contribution < 1.29 is 27.9 Å². The Labute approximate surface area is 108 Å². The third-order valence-corrected chi connectivity index (χ3v) is 3.37. The summed E-state index contributed by atoms with van der Waals surface area (Å²) in [5.41, 5.74) is -1.17. The summed E-state index contributed by atoms with van der Waals surface area (Å²) in [5, 5.41) is 10.9. The van der Waals surface area contributed by atoms with Crippen molar-refractivity contribution in [1.29, 1.82) is 0 Å². The summed E-state index contributed by atoms with van der Waals surface area (Å²) in [4.78, 5) is 22.1. The minimum Gasteiger partial charge on any atom is -0.481 e. The Morgan fingerprint density at radius 2 is 1.95 bits per heavy atom. The van der Waals surface area contributed by atoms with Crippen LogP contribution in [0.25, 0.3) is 0 Å². The van der Waals surface area contributed by atoms with E-state index in [0.717, 1.165) is 0 Å². The molecule has 108 valence electrons. The molecule has 7 heteroatoms. The molecule has 2 N–H and O–H groups in total. The first-order valence-corrected chi connectivity index (χ1v) is 5.88. The van der Waals surface area contributed by atoms with Crippen molar-refractivity contribution in [2.24, 2.45) is 11.3 Å². The third kappa shape index (κ3) is 3.48. The van der Waals surface area contributed by atoms with E-state index in [9.17, 15) is 22.8 Å². The second kappa shape index (κ2) is 5.22. The molecule has 19 heavy (non-hydrogen) atoms. The fourth-order valence-electron chi connectivity index (χ4n) is 2.12. The van der Waals surface area contributed by atoms with Gasteiger partial charge >= 0.3 is 18.1 Å². The number of nitrogens with one attached hydrogen (secondary N) is 1. The van der Waals surface area contributed by atoms with Gasteiger partial charge in [-0.15, -0.1) is 0 Å². The summed E-state index contributed by atoms with van der Waals surface area (Å²) in [6.07, 6.45) is -1.85. The molecule has 1 unspecified atom stereocenters. The molecule has 0 aromatic rings. The number of carboxylic acid groups (broad SMARTS) is 1. The first-order chi connectivity index (χ1) is 8.56. The van der Waals surface area contributed by atoms with Crippen LogP contribution in [0.2, 0.25) is 0 Å². The second-order valence-corrected chi connectivity index (χ2v) is 5.12. The number of carbonyl (C=O) groups is 2. The molecule has 1 rings (SSSR count). The Morgan fingerprint density at radius 1 is 1.37 bits per heavy atom. The number of amides is 1. The van der Waals surface area contributed by atoms with Crippen LogP contribution in [0, 0.1) is 11.3 Å². The molecule has 1 atom stereocenters. The van der Waals surface area contributed by atoms with Gasteiger partial charge in [-0.05, 0) is 33.1 Å². The van der Waals surface area contributed by atoms with Crippen LogP contribution in [-0.2, 0) is 9.59 Å². The number of hydrogen-bond donors (Lipinski definition) is 2. The molecule has 0 saturated carbocycles. The van der Waals surface area contributed by atoms with Gasteiger partial charge in [0, 0.05) is 11.6 Å². The van der Waals surface area contributed by atoms with Crippen molar-refractivity contribution >= 4 is 11.9 Å². The van der Waals surface area contributed by atoms with Gasteiger partial charge in [0.05, 0.1) is 5.41 Å². The van der Waals surface area contributed by atoms with Crippen molar-refractivity contribution in [2.45, 2.75) is 39.3 Å². The number of alkyl halides is 3. The Kier molecular flexibility index (Phi) is 4.27. The lowest BCUT2D eigenvalue weighted by Gasteiger charge is -2.35. The van der Waals surface area contributed by atoms with Gasteiger partial charge in [0.15, 0.2) is 0 Å². The number of aliphatic carboxylic acids is 1. The number of rotatable bonds is 3. The average molecular weight is 279 g/mol. The van der Waals surface area contributed by atoms with Gasteiger partial charge in [-0.3, -0.25) is 9.59 Å². The molecule has 0 aliphatic heterocycles. The summed E-state index contributed by atoms with van der Waals surface area (Å²) in [7, 11) is 0. The van der Waals surface area contributed by atoms with E-state index in [2.05, 4.69) is 0 Å². The van der Waals surface area contributed by atoms with Crippen molar-refractivity contribution in [2.75, 3.05) is 0 Å². The highest BCUT2D eigenvalue weighted by Crippen LogP contribution is 2.38. The predicted octanol–water partition coefficient (Wildman–Crippen LogP) is 2.46. The first kappa shape index (κ1) is 15.5. The fraction of sp³-hybridized carbons (Fsp3) is 0.667. The third-order valence-electron chi connectivity index (χ3n) is 3.37. The summed E-state index contributed by atoms with van der Waals surface area (Å²) >= 11 is 0. The number of hydrogen-bond acceptors (Lipinski definition) is 2. The highest BCUT2D eigenvalue weighted by molar-refractivity contribution is 5.83. The van der Waals surface area contributed by atoms with Crippen molar-refractivity contribution in [3.05, 3.63) is 11.8 Å². The summed E-state index contributed by atoms with van der Waals surface area (Å²) in [6.45, 7) is 2.89. The van der Waals surface area contributed by atoms with Crippen LogP contribution in [-0.4, -0.2) is 23.2 Å². The van der Waals surface area contributed by atoms with Gasteiger partial charge in [0.2, 0.25) is 0 Å². The van der Waals surface area contributed by atoms with Gasteiger partial charge in [-0.1, -0.05) is 6.08 Å². The fourth-order valence-corrected chi connectivity index (χ4v) is 2.12. The Balaban J connectivity index is 2.94. The quantitative estimate of drug-likeness (QED) is 0.834. The minimum absolute atomic E-state index is 0.0565. The molecular formula is C12H16F3NO3. The Hall–Kier alpha value is -1.53. The molecule has 4 nitrogen and oxygen atoms in total. The molecule has 0 saturated heterocycles. The van der Waals surface area contributed by atoms with E-state index in [1.165, 1.54) is 19.9 Å². The molecule has 0 fully saturated rings. The molecule has 1 amide bonds. The van der Waals surface area contributed by atoms with Crippen LogP contribution < -0.4 is 5.32 Å². The number of allylic oxidation sites excluding steroid dienone is 2. The van der Waals surface area contributed by atoms with Crippen LogP contribution in [0.4, 0.5) is 13.2 Å². The largest absolute Gasteiger partial charge is 0.481 e. The standard InChI is InChI=1S/C12H16F3NO3/c1-11(2,10(18)19)7-5-3-4-6-8(7)16-9(17)12(13,14)15/h6-7H,3-5H2,1-2H3,(H,16,17)(H,18,19). The minimum atomic E-state index is -4.98. The SMILES string of the molecule is CC(C)(C(=O)O)C1CCCC=C1NC(=O)C(F)(F)F. The lowest BCUT2D eigenvalue weighted by molar-refractivity contribution is -0.173. The lowest BCUT2D eigenvalue weighted by atomic mass is 9.72. The first-order valence-electron chi connectivity index (χ1n) is 5.88. The molecule has 0 spiro atoms. The van der Waals surface area contributed by atoms with Crippen molar-refractivity contribution in [3.63, 3.8) is 0 Å². The van der Waals surface area contributed by atoms with Gasteiger partial charge in [-0.2, -0.15) is 13.2 Å². The molecule has 0 heterocycles. The van der Waals surface area contributed by atoms with Crippen LogP contribution >= 0.6 is 0 Å². The van der Waals surface area contributed by atoms with Gasteiger partial charge in [0.1, 0.15) is 0 Å². The molecule has 1 aliphatic rings. The molecule has 0 aromatic heterocycles. The van der Waals surface area contributed by atoms with E-state index in [4.69, 9.17) is 5.11 Å². The maximum Gasteiger partial charge on any atom is 0.471 e. The van der Waals surface area contributed by atoms with Crippen LogP contribution in [0.3, 0.4) is 0 Å². The van der Waals surface area contributed by atoms with E-state index in [1.807, 2.05) is 0 Å². The van der Waals surface area contributed by atoms with E-state index in [0.29, 0.717) is 19.3 Å². The van der Waals surface area contributed by atoms with E-state index < -0.39 is 29.4 Å². The monoisotopic (exact) mass is 279 g/mol. The Morgan fingerprint density at radius 3 is 2.42 bits per heavy atom. The zero-order valence-corrected chi connectivity index (χ0v) is 10.7. The van der Waals surface area contributed by atoms with E-state index >= 15 is 0 Å². The second-order valence-electron chi connectivity index (χ2n) is 5.12. The zero-order valence-electron chi connectivity index (χ0n) is 10.7. The predicted molar refractivity (Wildman–Crippen MR) is 61.0 cm³/mol. The molecule has 0 bridgehead atoms. The van der Waals surface area contributed by atoms with Crippen LogP contribution in [0.1, 0.15) is 33.1 Å². The summed E-state index contributed by atoms with van der Waals surface area (Å²) in [5.74, 6) is -3.80. The highest BCUT2D eigenvalue weighted by atomic mass is 19.4. The van der Waals surface area contributed by atoms with Gasteiger partial charge in [0.25, 0.3) is 0 Å². The highest BCUT2D eigenvalue weighted by Gasteiger charge is 2.44. The molecular weight excluding hydrogens is 263 g/mol. The number of carbonyl (C=O) groups excluding carboxylic acids is 1. The van der Waals surface area contributed by atoms with Crippen molar-refractivity contribution in [1.82, 2.24) is 5.32 Å². The molecule has 0 radical (unpaired) electrons. The van der Waals surface area contributed by atoms with Gasteiger partial charge in [-0.25, -0.2) is 0 Å². The maximum absolute atomic E-state index is 12.2. The Bertz CT molecular complexity index is 413. The molecule has 1 aliphatic carbocycles. The van der Waals surface area contributed by atoms with E-state index in [-0.39, 0.29) is 5.70 Å². The maximum atomic E-state index is 12.2. The van der Waals surface area contributed by atoms with Crippen LogP contribution in [0.5, 0.6) is 0 Å². The normalized spacial score (nSPS) is 20.7. The van der Waals surface area contributed by atoms with E-state index in [1.54, 1.807) is 5.32 Å². The van der Waals surface area contributed by atoms with Gasteiger partial charge < -0.3 is 10.4 Å². The number of carboxylic acids is 1. The summed E-state index contributed by atoms with van der Waals surface area (Å²) in [6, 6.07) is 0. The average Bonchev–Trinajstić information content (AvgIpc) is 2.28. The topological polar surface area (TPSA) is 66.4 Å². The van der Waals surface area contributed by atoms with Crippen molar-refractivity contribution in [3.8, 4) is 0 Å². The number of halogens is 3. The van der Waals surface area contributed by atoms with Crippen LogP contribution in [0.15, 0.2) is 11.8 Å². The molecule has 0 aromatic carbocycles. The zero-order chi connectivity index (χ0) is 14.8. The lowest BCUT2D eigenvalue weighted by Crippen LogP contribution is -2.43. The smallest absolute Gasteiger partial charge is 0.471 e. The summed E-state index contributed by atoms with van der Waals surface area (Å²) < 4.78 is 36.7.